The van der Waals surface area contributed by atoms with Crippen LogP contribution in [0.4, 0.5) is 0 Å². The Hall–Kier alpha value is -2.28. The first-order valence-electron chi connectivity index (χ1n) is 11.1. The van der Waals surface area contributed by atoms with Crippen LogP contribution in [0.3, 0.4) is 0 Å². The van der Waals surface area contributed by atoms with Crippen molar-refractivity contribution >= 4 is 23.9 Å². The van der Waals surface area contributed by atoms with E-state index in [2.05, 4.69) is 0 Å². The van der Waals surface area contributed by atoms with Crippen molar-refractivity contribution in [1.82, 2.24) is 0 Å². The largest absolute Gasteiger partial charge is 0.481 e. The van der Waals surface area contributed by atoms with E-state index in [-0.39, 0.29) is 63.6 Å². The van der Waals surface area contributed by atoms with Gasteiger partial charge in [0.15, 0.2) is 18.3 Å². The van der Waals surface area contributed by atoms with Gasteiger partial charge >= 0.3 is 23.9 Å². The summed E-state index contributed by atoms with van der Waals surface area (Å²) >= 11 is 0. The van der Waals surface area contributed by atoms with Crippen LogP contribution in [0, 0.1) is 5.92 Å². The number of carboxylic acids is 1. The summed E-state index contributed by atoms with van der Waals surface area (Å²) in [6.45, 7) is 2.97. The first kappa shape index (κ1) is 23.9. The maximum Gasteiger partial charge on any atom is 0.306 e. The van der Waals surface area contributed by atoms with E-state index >= 15 is 0 Å². The van der Waals surface area contributed by atoms with E-state index < -0.39 is 54.4 Å². The number of carboxylic acid groups (broad SMARTS) is 1. The van der Waals surface area contributed by atoms with Gasteiger partial charge in [-0.2, -0.15) is 0 Å². The van der Waals surface area contributed by atoms with Gasteiger partial charge in [0.2, 0.25) is 0 Å². The van der Waals surface area contributed by atoms with Crippen LogP contribution in [-0.4, -0.2) is 98.1 Å². The smallest absolute Gasteiger partial charge is 0.306 e. The molecule has 0 radical (unpaired) electrons. The minimum absolute atomic E-state index is 0.0564. The Balaban J connectivity index is 1.16. The fraction of sp³-hybridized carbons (Fsp3) is 0.810. The molecule has 1 N–H and O–H groups in total. The number of fused-ring (bicyclic) bond motifs is 2. The van der Waals surface area contributed by atoms with E-state index in [4.69, 9.17) is 38.3 Å². The summed E-state index contributed by atoms with van der Waals surface area (Å²) in [6.07, 6.45) is -4.32. The topological polar surface area (TPSA) is 153 Å². The molecule has 0 saturated carbocycles. The van der Waals surface area contributed by atoms with Crippen molar-refractivity contribution in [2.24, 2.45) is 5.92 Å². The zero-order chi connectivity index (χ0) is 23.5. The molecule has 4 heterocycles. The van der Waals surface area contributed by atoms with E-state index in [0.717, 1.165) is 0 Å². The lowest BCUT2D eigenvalue weighted by Crippen LogP contribution is -2.36. The molecule has 12 heteroatoms. The summed E-state index contributed by atoms with van der Waals surface area (Å²) in [5.41, 5.74) is 0. The van der Waals surface area contributed by atoms with Crippen LogP contribution >= 0.6 is 0 Å². The molecule has 0 unspecified atom stereocenters. The highest BCUT2D eigenvalue weighted by Crippen LogP contribution is 2.33. The molecule has 4 saturated heterocycles. The average Bonchev–Trinajstić information content (AvgIpc) is 3.52. The van der Waals surface area contributed by atoms with E-state index in [0.29, 0.717) is 6.61 Å². The molecule has 0 aromatic carbocycles. The molecule has 8 atom stereocenters. The molecule has 0 spiro atoms. The normalized spacial score (nSPS) is 36.8. The molecule has 0 aliphatic carbocycles. The zero-order valence-corrected chi connectivity index (χ0v) is 18.2. The van der Waals surface area contributed by atoms with Crippen LogP contribution in [-0.2, 0) is 52.3 Å². The molecule has 4 rings (SSSR count). The van der Waals surface area contributed by atoms with Gasteiger partial charge in [-0.1, -0.05) is 6.92 Å². The van der Waals surface area contributed by atoms with Crippen LogP contribution in [0.5, 0.6) is 0 Å². The standard InChI is InChI=1S/C21H28O12/c1-10-6-27-19-11(7-28-18(10)19)31-16(25)4-5-17(26)33-13-9-30-20-12(8-29-21(13)20)32-15(24)3-2-14(22)23/h10-13,18-21H,2-9H2,1H3,(H,22,23)/t10-,11+,12+,13-,18+,19+,20+,21+/m0/s1. The van der Waals surface area contributed by atoms with Gasteiger partial charge in [0.05, 0.1) is 58.2 Å². The Labute approximate surface area is 189 Å². The maximum atomic E-state index is 12.2. The first-order chi connectivity index (χ1) is 15.8. The van der Waals surface area contributed by atoms with E-state index in [1.165, 1.54) is 0 Å². The van der Waals surface area contributed by atoms with Crippen LogP contribution in [0.15, 0.2) is 0 Å². The summed E-state index contributed by atoms with van der Waals surface area (Å²) in [4.78, 5) is 46.7. The molecule has 4 fully saturated rings. The molecule has 12 nitrogen and oxygen atoms in total. The Morgan fingerprint density at radius 3 is 1.45 bits per heavy atom. The second kappa shape index (κ2) is 10.3. The Morgan fingerprint density at radius 1 is 0.636 bits per heavy atom. The summed E-state index contributed by atoms with van der Waals surface area (Å²) in [5.74, 6) is -2.64. The monoisotopic (exact) mass is 472 g/mol. The second-order valence-electron chi connectivity index (χ2n) is 8.65. The quantitative estimate of drug-likeness (QED) is 0.343. The first-order valence-corrected chi connectivity index (χ1v) is 11.1. The van der Waals surface area contributed by atoms with Crippen molar-refractivity contribution in [3.05, 3.63) is 0 Å². The van der Waals surface area contributed by atoms with Crippen molar-refractivity contribution in [3.8, 4) is 0 Å². The Bertz CT molecular complexity index is 768. The lowest BCUT2D eigenvalue weighted by Gasteiger charge is -2.18. The maximum absolute atomic E-state index is 12.2. The molecule has 184 valence electrons. The molecule has 33 heavy (non-hydrogen) atoms. The van der Waals surface area contributed by atoms with Gasteiger partial charge in [-0.15, -0.1) is 0 Å². The molecule has 0 bridgehead atoms. The number of hydrogen-bond donors (Lipinski definition) is 1. The average molecular weight is 472 g/mol. The van der Waals surface area contributed by atoms with Gasteiger partial charge in [-0.25, -0.2) is 0 Å². The van der Waals surface area contributed by atoms with Crippen molar-refractivity contribution in [3.63, 3.8) is 0 Å². The van der Waals surface area contributed by atoms with Crippen LogP contribution in [0.2, 0.25) is 0 Å². The van der Waals surface area contributed by atoms with Crippen LogP contribution in [0.1, 0.15) is 32.6 Å². The lowest BCUT2D eigenvalue weighted by molar-refractivity contribution is -0.161. The minimum atomic E-state index is -1.09. The molecular formula is C21H28O12. The predicted octanol–water partition coefficient (Wildman–Crippen LogP) is -0.402. The van der Waals surface area contributed by atoms with Crippen molar-refractivity contribution in [2.45, 2.75) is 75.3 Å². The van der Waals surface area contributed by atoms with Crippen molar-refractivity contribution in [2.75, 3.05) is 26.4 Å². The third-order valence-corrected chi connectivity index (χ3v) is 6.14. The third-order valence-electron chi connectivity index (χ3n) is 6.14. The van der Waals surface area contributed by atoms with Gasteiger partial charge in [0.25, 0.3) is 0 Å². The van der Waals surface area contributed by atoms with E-state index in [1.807, 2.05) is 6.92 Å². The molecule has 0 aromatic heterocycles. The summed E-state index contributed by atoms with van der Waals surface area (Å²) < 4.78 is 38.5. The second-order valence-corrected chi connectivity index (χ2v) is 8.65. The van der Waals surface area contributed by atoms with Crippen molar-refractivity contribution in [1.29, 1.82) is 0 Å². The number of carbonyl (C=O) groups is 4. The Kier molecular flexibility index (Phi) is 7.47. The SMILES string of the molecule is C[C@H]1CO[C@H]2[C@@H]1OC[C@H]2OC(=O)CCC(=O)O[C@H]1CO[C@H]2[C@@H]1OC[C@H]2OC(=O)CCC(=O)O. The number of carbonyl (C=O) groups excluding carboxylic acids is 3. The van der Waals surface area contributed by atoms with Gasteiger partial charge in [-0.05, 0) is 0 Å². The highest BCUT2D eigenvalue weighted by atomic mass is 16.7. The minimum Gasteiger partial charge on any atom is -0.481 e. The molecule has 0 amide bonds. The van der Waals surface area contributed by atoms with Gasteiger partial charge in [-0.3, -0.25) is 19.2 Å². The number of aliphatic carboxylic acids is 1. The predicted molar refractivity (Wildman–Crippen MR) is 104 cm³/mol. The number of ether oxygens (including phenoxy) is 7. The molecular weight excluding hydrogens is 444 g/mol. The highest BCUT2D eigenvalue weighted by molar-refractivity contribution is 5.78. The summed E-state index contributed by atoms with van der Waals surface area (Å²) in [6, 6.07) is 0. The zero-order valence-electron chi connectivity index (χ0n) is 18.2. The fourth-order valence-corrected chi connectivity index (χ4v) is 4.48. The number of hydrogen-bond acceptors (Lipinski definition) is 11. The molecule has 0 aromatic rings. The van der Waals surface area contributed by atoms with Gasteiger partial charge in [0.1, 0.15) is 18.3 Å². The van der Waals surface area contributed by atoms with Crippen LogP contribution in [0.25, 0.3) is 0 Å². The third kappa shape index (κ3) is 5.62. The number of rotatable bonds is 9. The van der Waals surface area contributed by atoms with Gasteiger partial charge in [0, 0.05) is 5.92 Å². The lowest BCUT2D eigenvalue weighted by atomic mass is 10.0. The number of esters is 3. The summed E-state index contributed by atoms with van der Waals surface area (Å²) in [7, 11) is 0. The van der Waals surface area contributed by atoms with Gasteiger partial charge < -0.3 is 38.3 Å². The Morgan fingerprint density at radius 2 is 1.00 bits per heavy atom. The fourth-order valence-electron chi connectivity index (χ4n) is 4.48. The van der Waals surface area contributed by atoms with E-state index in [9.17, 15) is 19.2 Å². The molecule has 4 aliphatic rings. The highest BCUT2D eigenvalue weighted by Gasteiger charge is 2.51. The van der Waals surface area contributed by atoms with Crippen LogP contribution < -0.4 is 0 Å². The van der Waals surface area contributed by atoms with Crippen molar-refractivity contribution < 1.29 is 57.4 Å². The molecule has 4 aliphatic heterocycles. The summed E-state index contributed by atoms with van der Waals surface area (Å²) in [5, 5.41) is 8.64. The van der Waals surface area contributed by atoms with E-state index in [1.54, 1.807) is 0 Å².